The lowest BCUT2D eigenvalue weighted by Gasteiger charge is -2.34. The molecule has 1 aromatic carbocycles. The Morgan fingerprint density at radius 2 is 1.92 bits per heavy atom. The molecule has 0 bridgehead atoms. The van der Waals surface area contributed by atoms with E-state index in [1.54, 1.807) is 25.3 Å². The Hall–Kier alpha value is -3.72. The molecule has 1 saturated carbocycles. The molecular weight excluding hydrogens is 456 g/mol. The number of anilines is 2. The van der Waals surface area contributed by atoms with Crippen LogP contribution in [0.25, 0.3) is 11.0 Å². The SMILES string of the molecule is CC(=O)Cc1cc(Oc2ccc3nc(Nc4cc(C(C)(C)C)n(C5CC(O)C5)n4)n(C)c3c2)ccn1. The Kier molecular flexibility index (Phi) is 6.04. The maximum atomic E-state index is 11.4. The third-order valence-corrected chi connectivity index (χ3v) is 6.48. The Balaban J connectivity index is 1.39. The fraction of sp³-hybridized carbons (Fsp3) is 0.407. The average molecular weight is 489 g/mol. The summed E-state index contributed by atoms with van der Waals surface area (Å²) >= 11 is 0. The van der Waals surface area contributed by atoms with Gasteiger partial charge < -0.3 is 19.7 Å². The summed E-state index contributed by atoms with van der Waals surface area (Å²) in [5.74, 6) is 2.75. The normalized spacial score (nSPS) is 17.7. The molecule has 1 fully saturated rings. The first kappa shape index (κ1) is 24.0. The van der Waals surface area contributed by atoms with Crippen molar-refractivity contribution in [1.82, 2.24) is 24.3 Å². The average Bonchev–Trinajstić information content (AvgIpc) is 3.33. The van der Waals surface area contributed by atoms with E-state index < -0.39 is 0 Å². The van der Waals surface area contributed by atoms with E-state index in [4.69, 9.17) is 14.8 Å². The molecule has 188 valence electrons. The zero-order valence-corrected chi connectivity index (χ0v) is 21.3. The number of aliphatic hydroxyl groups is 1. The lowest BCUT2D eigenvalue weighted by atomic mass is 9.87. The van der Waals surface area contributed by atoms with Gasteiger partial charge in [0.15, 0.2) is 5.82 Å². The molecular formula is C27H32N6O3. The number of hydrogen-bond acceptors (Lipinski definition) is 7. The number of aliphatic hydroxyl groups excluding tert-OH is 1. The van der Waals surface area contributed by atoms with Gasteiger partial charge in [0.2, 0.25) is 5.95 Å². The molecule has 0 aliphatic heterocycles. The number of imidazole rings is 1. The topological polar surface area (TPSA) is 107 Å². The van der Waals surface area contributed by atoms with E-state index in [1.807, 2.05) is 29.8 Å². The molecule has 0 amide bonds. The van der Waals surface area contributed by atoms with Crippen LogP contribution in [0.3, 0.4) is 0 Å². The highest BCUT2D eigenvalue weighted by molar-refractivity contribution is 5.81. The molecule has 1 aliphatic rings. The highest BCUT2D eigenvalue weighted by Crippen LogP contribution is 2.37. The molecule has 0 atom stereocenters. The molecule has 9 nitrogen and oxygen atoms in total. The molecule has 3 heterocycles. The fourth-order valence-corrected chi connectivity index (χ4v) is 4.52. The summed E-state index contributed by atoms with van der Waals surface area (Å²) in [6.07, 6.45) is 3.14. The molecule has 3 aromatic heterocycles. The smallest absolute Gasteiger partial charge is 0.209 e. The number of aryl methyl sites for hydroxylation is 1. The van der Waals surface area contributed by atoms with Crippen LogP contribution < -0.4 is 10.1 Å². The van der Waals surface area contributed by atoms with Gasteiger partial charge in [0.1, 0.15) is 17.3 Å². The number of ether oxygens (including phenoxy) is 1. The van der Waals surface area contributed by atoms with Crippen LogP contribution >= 0.6 is 0 Å². The van der Waals surface area contributed by atoms with Crippen LogP contribution in [0.2, 0.25) is 0 Å². The summed E-state index contributed by atoms with van der Waals surface area (Å²) in [6, 6.07) is 11.6. The van der Waals surface area contributed by atoms with Crippen LogP contribution in [-0.2, 0) is 23.7 Å². The Bertz CT molecular complexity index is 1430. The molecule has 2 N–H and O–H groups in total. The molecule has 5 rings (SSSR count). The van der Waals surface area contributed by atoms with Crippen molar-refractivity contribution in [1.29, 1.82) is 0 Å². The van der Waals surface area contributed by atoms with Crippen molar-refractivity contribution in [3.05, 3.63) is 54.0 Å². The standard InChI is InChI=1S/C27H32N6O3/c1-16(34)10-17-11-21(8-9-28-17)36-20-6-7-22-23(14-20)32(5)26(29-22)30-25-15-24(27(2,3)4)33(31-25)18-12-19(35)13-18/h6-9,11,14-15,18-19,35H,10,12-13H2,1-5H3,(H,29,30,31). The first-order valence-corrected chi connectivity index (χ1v) is 12.2. The van der Waals surface area contributed by atoms with E-state index in [2.05, 4.69) is 41.8 Å². The fourth-order valence-electron chi connectivity index (χ4n) is 4.52. The maximum absolute atomic E-state index is 11.4. The predicted molar refractivity (Wildman–Crippen MR) is 138 cm³/mol. The third-order valence-electron chi connectivity index (χ3n) is 6.48. The van der Waals surface area contributed by atoms with Gasteiger partial charge in [-0.05, 0) is 38.0 Å². The van der Waals surface area contributed by atoms with Crippen LogP contribution in [0.5, 0.6) is 11.5 Å². The molecule has 0 spiro atoms. The lowest BCUT2D eigenvalue weighted by molar-refractivity contribution is -0.116. The first-order chi connectivity index (χ1) is 17.1. The summed E-state index contributed by atoms with van der Waals surface area (Å²) in [7, 11) is 1.95. The number of nitrogens with one attached hydrogen (secondary N) is 1. The van der Waals surface area contributed by atoms with Crippen molar-refractivity contribution < 1.29 is 14.6 Å². The van der Waals surface area contributed by atoms with Crippen molar-refractivity contribution in [3.63, 3.8) is 0 Å². The molecule has 0 saturated heterocycles. The van der Waals surface area contributed by atoms with Crippen molar-refractivity contribution >= 4 is 28.6 Å². The van der Waals surface area contributed by atoms with Crippen LogP contribution in [0.15, 0.2) is 42.6 Å². The Morgan fingerprint density at radius 3 is 2.61 bits per heavy atom. The zero-order valence-electron chi connectivity index (χ0n) is 21.3. The zero-order chi connectivity index (χ0) is 25.6. The number of carbonyl (C=O) groups is 1. The second-order valence-electron chi connectivity index (χ2n) is 10.6. The molecule has 1 aliphatic carbocycles. The van der Waals surface area contributed by atoms with Gasteiger partial charge in [0.25, 0.3) is 0 Å². The second-order valence-corrected chi connectivity index (χ2v) is 10.6. The van der Waals surface area contributed by atoms with E-state index in [0.717, 1.165) is 35.4 Å². The summed E-state index contributed by atoms with van der Waals surface area (Å²) in [5.41, 5.74) is 3.46. The first-order valence-electron chi connectivity index (χ1n) is 12.2. The molecule has 0 unspecified atom stereocenters. The predicted octanol–water partition coefficient (Wildman–Crippen LogP) is 4.83. The minimum Gasteiger partial charge on any atom is -0.457 e. The van der Waals surface area contributed by atoms with Crippen LogP contribution in [0, 0.1) is 0 Å². The number of nitrogens with zero attached hydrogens (tertiary/aromatic N) is 5. The van der Waals surface area contributed by atoms with E-state index in [0.29, 0.717) is 23.1 Å². The third kappa shape index (κ3) is 4.83. The number of pyridine rings is 1. The summed E-state index contributed by atoms with van der Waals surface area (Å²) in [6.45, 7) is 8.05. The highest BCUT2D eigenvalue weighted by atomic mass is 16.5. The number of ketones is 1. The van der Waals surface area contributed by atoms with Crippen molar-refractivity contribution in [2.45, 2.75) is 64.5 Å². The summed E-state index contributed by atoms with van der Waals surface area (Å²) in [5, 5.41) is 18.0. The van der Waals surface area contributed by atoms with Gasteiger partial charge in [-0.2, -0.15) is 5.10 Å². The van der Waals surface area contributed by atoms with E-state index >= 15 is 0 Å². The van der Waals surface area contributed by atoms with Gasteiger partial charge in [0, 0.05) is 49.0 Å². The molecule has 9 heteroatoms. The number of hydrogen-bond donors (Lipinski definition) is 2. The van der Waals surface area contributed by atoms with Gasteiger partial charge in [-0.25, -0.2) is 4.98 Å². The van der Waals surface area contributed by atoms with Gasteiger partial charge in [0.05, 0.1) is 28.9 Å². The van der Waals surface area contributed by atoms with Crippen molar-refractivity contribution in [3.8, 4) is 11.5 Å². The second kappa shape index (κ2) is 9.05. The Morgan fingerprint density at radius 1 is 1.17 bits per heavy atom. The highest BCUT2D eigenvalue weighted by Gasteiger charge is 2.33. The van der Waals surface area contributed by atoms with Crippen LogP contribution in [0.4, 0.5) is 11.8 Å². The number of carbonyl (C=O) groups excluding carboxylic acids is 1. The minimum atomic E-state index is -0.243. The number of benzene rings is 1. The van der Waals surface area contributed by atoms with E-state index in [9.17, 15) is 9.90 Å². The molecule has 0 radical (unpaired) electrons. The monoisotopic (exact) mass is 488 g/mol. The van der Waals surface area contributed by atoms with Crippen LogP contribution in [-0.4, -0.2) is 41.3 Å². The number of aromatic nitrogens is 5. The number of rotatable bonds is 7. The quantitative estimate of drug-likeness (QED) is 0.384. The van der Waals surface area contributed by atoms with Crippen molar-refractivity contribution in [2.75, 3.05) is 5.32 Å². The van der Waals surface area contributed by atoms with Crippen LogP contribution in [0.1, 0.15) is 58.0 Å². The number of Topliss-reactive ketones (excluding diaryl/α,β-unsaturated/α-hetero) is 1. The largest absolute Gasteiger partial charge is 0.457 e. The van der Waals surface area contributed by atoms with Gasteiger partial charge >= 0.3 is 0 Å². The van der Waals surface area contributed by atoms with Gasteiger partial charge in [-0.1, -0.05) is 20.8 Å². The van der Waals surface area contributed by atoms with Gasteiger partial charge in [-0.3, -0.25) is 14.5 Å². The summed E-state index contributed by atoms with van der Waals surface area (Å²) in [4.78, 5) is 20.4. The molecule has 36 heavy (non-hydrogen) atoms. The number of fused-ring (bicyclic) bond motifs is 1. The lowest BCUT2D eigenvalue weighted by Crippen LogP contribution is -2.34. The summed E-state index contributed by atoms with van der Waals surface area (Å²) < 4.78 is 10.1. The van der Waals surface area contributed by atoms with Crippen molar-refractivity contribution in [2.24, 2.45) is 7.05 Å². The molecule has 4 aromatic rings. The minimum absolute atomic E-state index is 0.0562. The van der Waals surface area contributed by atoms with E-state index in [-0.39, 0.29) is 29.8 Å². The van der Waals surface area contributed by atoms with Gasteiger partial charge in [-0.15, -0.1) is 0 Å². The Labute approximate surface area is 210 Å². The van der Waals surface area contributed by atoms with E-state index in [1.165, 1.54) is 0 Å². The maximum Gasteiger partial charge on any atom is 0.209 e.